The molecule has 1 N–H and O–H groups in total. The van der Waals surface area contributed by atoms with E-state index in [0.717, 1.165) is 0 Å². The lowest BCUT2D eigenvalue weighted by Crippen LogP contribution is -2.43. The molecule has 1 aliphatic heterocycles. The Labute approximate surface area is 151 Å². The molecule has 1 saturated heterocycles. The predicted octanol–water partition coefficient (Wildman–Crippen LogP) is 2.68. The molecule has 0 saturated carbocycles. The minimum absolute atomic E-state index is 0.129. The Hall–Kier alpha value is -1.90. The minimum atomic E-state index is -3.66. The van der Waals surface area contributed by atoms with Crippen molar-refractivity contribution in [3.63, 3.8) is 0 Å². The van der Waals surface area contributed by atoms with E-state index in [9.17, 15) is 13.2 Å². The third kappa shape index (κ3) is 4.02. The number of carbonyl (C=O) groups excluding carboxylic acids is 1. The van der Waals surface area contributed by atoms with E-state index in [1.807, 2.05) is 0 Å². The molecule has 7 nitrogen and oxygen atoms in total. The molecule has 9 heteroatoms. The van der Waals surface area contributed by atoms with E-state index in [-0.39, 0.29) is 23.2 Å². The monoisotopic (exact) mass is 383 g/mol. The molecule has 1 fully saturated rings. The largest absolute Gasteiger partial charge is 0.338 e. The molecule has 1 atom stereocenters. The summed E-state index contributed by atoms with van der Waals surface area (Å²) in [6, 6.07) is 7.63. The minimum Gasteiger partial charge on any atom is -0.338 e. The Morgan fingerprint density at radius 2 is 2.08 bits per heavy atom. The summed E-state index contributed by atoms with van der Waals surface area (Å²) in [7, 11) is -3.66. The van der Waals surface area contributed by atoms with Crippen LogP contribution in [0.1, 0.15) is 18.5 Å². The van der Waals surface area contributed by atoms with Crippen molar-refractivity contribution in [1.29, 1.82) is 0 Å². The van der Waals surface area contributed by atoms with Gasteiger partial charge in [0.2, 0.25) is 21.8 Å². The first-order valence-electron chi connectivity index (χ1n) is 7.86. The zero-order chi connectivity index (χ0) is 18.0. The summed E-state index contributed by atoms with van der Waals surface area (Å²) < 4.78 is 31.8. The summed E-state index contributed by atoms with van der Waals surface area (Å²) >= 11 is 5.82. The Morgan fingerprint density at radius 1 is 1.36 bits per heavy atom. The summed E-state index contributed by atoms with van der Waals surface area (Å²) in [6.07, 6.45) is 1.23. The molecule has 3 rings (SSSR count). The number of rotatable bonds is 4. The second-order valence-corrected chi connectivity index (χ2v) is 8.35. The Kier molecular flexibility index (Phi) is 5.12. The fourth-order valence-electron chi connectivity index (χ4n) is 2.78. The number of aromatic nitrogens is 1. The second-order valence-electron chi connectivity index (χ2n) is 5.98. The van der Waals surface area contributed by atoms with Crippen molar-refractivity contribution in [3.8, 4) is 0 Å². The summed E-state index contributed by atoms with van der Waals surface area (Å²) in [5.41, 5.74) is 0.658. The van der Waals surface area contributed by atoms with E-state index in [2.05, 4.69) is 10.5 Å². The molecule has 25 heavy (non-hydrogen) atoms. The Morgan fingerprint density at radius 3 is 2.72 bits per heavy atom. The lowest BCUT2D eigenvalue weighted by atomic mass is 9.99. The molecule has 1 aromatic carbocycles. The molecule has 1 unspecified atom stereocenters. The Bertz CT molecular complexity index is 864. The number of hydrogen-bond donors (Lipinski definition) is 1. The van der Waals surface area contributed by atoms with Gasteiger partial charge in [-0.2, -0.15) is 4.31 Å². The van der Waals surface area contributed by atoms with Crippen LogP contribution in [-0.2, 0) is 14.8 Å². The maximum atomic E-state index is 12.8. The number of hydrogen-bond acceptors (Lipinski definition) is 5. The molecule has 1 aliphatic rings. The first-order chi connectivity index (χ1) is 11.9. The highest BCUT2D eigenvalue weighted by Gasteiger charge is 2.33. The number of halogens is 1. The molecule has 0 radical (unpaired) electrons. The number of piperidine rings is 1. The second kappa shape index (κ2) is 7.15. The van der Waals surface area contributed by atoms with E-state index in [1.165, 1.54) is 28.6 Å². The SMILES string of the molecule is Cc1cc(NC(=O)C2CCCN(S(=O)(=O)c3ccc(Cl)cc3)C2)on1. The highest BCUT2D eigenvalue weighted by atomic mass is 35.5. The van der Waals surface area contributed by atoms with Crippen LogP contribution in [0.3, 0.4) is 0 Å². The van der Waals surface area contributed by atoms with Crippen LogP contribution in [-0.4, -0.2) is 36.9 Å². The van der Waals surface area contributed by atoms with Crippen molar-refractivity contribution < 1.29 is 17.7 Å². The van der Waals surface area contributed by atoms with Crippen LogP contribution < -0.4 is 5.32 Å². The molecule has 2 heterocycles. The number of benzene rings is 1. The average Bonchev–Trinajstić information content (AvgIpc) is 3.00. The number of sulfonamides is 1. The third-order valence-electron chi connectivity index (χ3n) is 4.08. The van der Waals surface area contributed by atoms with Crippen molar-refractivity contribution in [2.24, 2.45) is 5.92 Å². The van der Waals surface area contributed by atoms with Crippen molar-refractivity contribution in [1.82, 2.24) is 9.46 Å². The number of nitrogens with one attached hydrogen (secondary N) is 1. The van der Waals surface area contributed by atoms with Gasteiger partial charge in [0.1, 0.15) is 0 Å². The van der Waals surface area contributed by atoms with Crippen molar-refractivity contribution in [3.05, 3.63) is 41.0 Å². The highest BCUT2D eigenvalue weighted by molar-refractivity contribution is 7.89. The molecular weight excluding hydrogens is 366 g/mol. The number of amides is 1. The highest BCUT2D eigenvalue weighted by Crippen LogP contribution is 2.25. The van der Waals surface area contributed by atoms with Crippen LogP contribution in [0.25, 0.3) is 0 Å². The van der Waals surface area contributed by atoms with E-state index in [1.54, 1.807) is 13.0 Å². The van der Waals surface area contributed by atoms with Crippen LogP contribution in [0.15, 0.2) is 39.8 Å². The van der Waals surface area contributed by atoms with Gasteiger partial charge in [-0.25, -0.2) is 8.42 Å². The fraction of sp³-hybridized carbons (Fsp3) is 0.375. The smallest absolute Gasteiger partial charge is 0.243 e. The van der Waals surface area contributed by atoms with Gasteiger partial charge in [0.15, 0.2) is 0 Å². The van der Waals surface area contributed by atoms with Crippen LogP contribution in [0, 0.1) is 12.8 Å². The molecule has 1 amide bonds. The number of anilines is 1. The van der Waals surface area contributed by atoms with Crippen LogP contribution in [0.2, 0.25) is 5.02 Å². The molecule has 0 spiro atoms. The maximum absolute atomic E-state index is 12.8. The van der Waals surface area contributed by atoms with Crippen molar-refractivity contribution in [2.45, 2.75) is 24.7 Å². The first-order valence-corrected chi connectivity index (χ1v) is 9.68. The quantitative estimate of drug-likeness (QED) is 0.876. The van der Waals surface area contributed by atoms with E-state index >= 15 is 0 Å². The molecular formula is C16H18ClN3O4S. The topological polar surface area (TPSA) is 92.5 Å². The molecule has 0 aliphatic carbocycles. The van der Waals surface area contributed by atoms with Crippen molar-refractivity contribution >= 4 is 33.4 Å². The van der Waals surface area contributed by atoms with Gasteiger partial charge in [-0.15, -0.1) is 0 Å². The first kappa shape index (κ1) is 17.9. The predicted molar refractivity (Wildman–Crippen MR) is 92.8 cm³/mol. The van der Waals surface area contributed by atoms with Gasteiger partial charge < -0.3 is 4.52 Å². The number of aryl methyl sites for hydroxylation is 1. The lowest BCUT2D eigenvalue weighted by Gasteiger charge is -2.31. The van der Waals surface area contributed by atoms with Gasteiger partial charge in [-0.1, -0.05) is 16.8 Å². The summed E-state index contributed by atoms with van der Waals surface area (Å²) in [5, 5.41) is 6.82. The van der Waals surface area contributed by atoms with Crippen molar-refractivity contribution in [2.75, 3.05) is 18.4 Å². The van der Waals surface area contributed by atoms with Crippen LogP contribution in [0.5, 0.6) is 0 Å². The van der Waals surface area contributed by atoms with Gasteiger partial charge in [0.05, 0.1) is 16.5 Å². The molecule has 1 aromatic heterocycles. The zero-order valence-corrected chi connectivity index (χ0v) is 15.2. The van der Waals surface area contributed by atoms with Gasteiger partial charge in [-0.05, 0) is 44.0 Å². The fourth-order valence-corrected chi connectivity index (χ4v) is 4.43. The maximum Gasteiger partial charge on any atom is 0.243 e. The number of nitrogens with zero attached hydrogens (tertiary/aromatic N) is 2. The molecule has 0 bridgehead atoms. The Balaban J connectivity index is 1.71. The standard InChI is InChI=1S/C16H18ClN3O4S/c1-11-9-15(24-19-11)18-16(21)12-3-2-8-20(10-12)25(22,23)14-6-4-13(17)5-7-14/h4-7,9,12H,2-3,8,10H2,1H3,(H,18,21). The van der Waals surface area contributed by atoms with Gasteiger partial charge in [-0.3, -0.25) is 10.1 Å². The normalized spacial score (nSPS) is 18.9. The number of carbonyl (C=O) groups is 1. The van der Waals surface area contributed by atoms with Gasteiger partial charge in [0, 0.05) is 24.2 Å². The average molecular weight is 384 g/mol. The molecule has 2 aromatic rings. The summed E-state index contributed by atoms with van der Waals surface area (Å²) in [6.45, 7) is 2.26. The third-order valence-corrected chi connectivity index (χ3v) is 6.21. The van der Waals surface area contributed by atoms with Gasteiger partial charge >= 0.3 is 0 Å². The van der Waals surface area contributed by atoms with E-state index in [4.69, 9.17) is 16.1 Å². The van der Waals surface area contributed by atoms with Gasteiger partial charge in [0.25, 0.3) is 0 Å². The summed E-state index contributed by atoms with van der Waals surface area (Å²) in [4.78, 5) is 12.6. The summed E-state index contributed by atoms with van der Waals surface area (Å²) in [5.74, 6) is -0.450. The van der Waals surface area contributed by atoms with E-state index < -0.39 is 15.9 Å². The van der Waals surface area contributed by atoms with E-state index in [0.29, 0.717) is 30.1 Å². The molecule has 134 valence electrons. The lowest BCUT2D eigenvalue weighted by molar-refractivity contribution is -0.121. The van der Waals surface area contributed by atoms with Crippen LogP contribution >= 0.6 is 11.6 Å². The van der Waals surface area contributed by atoms with Crippen LogP contribution in [0.4, 0.5) is 5.88 Å². The zero-order valence-electron chi connectivity index (χ0n) is 13.6.